The maximum Gasteiger partial charge on any atom is 0.183 e. The Hall–Kier alpha value is -1.88. The molecule has 2 aromatic rings. The number of carboxylic acid groups (broad SMARTS) is 1. The summed E-state index contributed by atoms with van der Waals surface area (Å²) in [6.07, 6.45) is 1.02. The van der Waals surface area contributed by atoms with Gasteiger partial charge in [0.25, 0.3) is 0 Å². The van der Waals surface area contributed by atoms with E-state index in [0.29, 0.717) is 17.4 Å². The van der Waals surface area contributed by atoms with Crippen LogP contribution in [0, 0.1) is 6.92 Å². The number of carboxylic acids is 1. The van der Waals surface area contributed by atoms with Gasteiger partial charge in [0.15, 0.2) is 5.13 Å². The Morgan fingerprint density at radius 3 is 2.47 bits per heavy atom. The third-order valence-corrected chi connectivity index (χ3v) is 3.95. The molecule has 0 amide bonds. The zero-order chi connectivity index (χ0) is 13.8. The highest BCUT2D eigenvalue weighted by atomic mass is 32.1. The summed E-state index contributed by atoms with van der Waals surface area (Å²) < 4.78 is 0. The molecule has 0 aliphatic rings. The molecule has 0 saturated heterocycles. The van der Waals surface area contributed by atoms with Crippen molar-refractivity contribution in [2.75, 3.05) is 5.32 Å². The molecule has 1 aromatic heterocycles. The van der Waals surface area contributed by atoms with E-state index in [1.54, 1.807) is 6.92 Å². The Morgan fingerprint density at radius 1 is 1.32 bits per heavy atom. The Labute approximate surface area is 116 Å². The van der Waals surface area contributed by atoms with Gasteiger partial charge in [0.05, 0.1) is 16.5 Å². The Bertz CT molecular complexity index is 576. The van der Waals surface area contributed by atoms with E-state index in [1.807, 2.05) is 0 Å². The van der Waals surface area contributed by atoms with Crippen molar-refractivity contribution >= 4 is 22.4 Å². The topological polar surface area (TPSA) is 65.0 Å². The van der Waals surface area contributed by atoms with E-state index in [4.69, 9.17) is 0 Å². The van der Waals surface area contributed by atoms with Gasteiger partial charge >= 0.3 is 0 Å². The number of carbonyl (C=O) groups is 1. The highest BCUT2D eigenvalue weighted by molar-refractivity contribution is 7.17. The van der Waals surface area contributed by atoms with E-state index >= 15 is 0 Å². The molecule has 0 fully saturated rings. The van der Waals surface area contributed by atoms with Crippen LogP contribution < -0.4 is 10.4 Å². The summed E-state index contributed by atoms with van der Waals surface area (Å²) in [6.45, 7) is 4.42. The van der Waals surface area contributed by atoms with E-state index < -0.39 is 5.97 Å². The summed E-state index contributed by atoms with van der Waals surface area (Å²) in [7, 11) is 0. The molecule has 0 atom stereocenters. The number of aromatic nitrogens is 1. The molecular formula is C14H15N2O2S-. The van der Waals surface area contributed by atoms with E-state index in [1.165, 1.54) is 5.56 Å². The lowest BCUT2D eigenvalue weighted by molar-refractivity contribution is -0.254. The molecular weight excluding hydrogens is 260 g/mol. The second kappa shape index (κ2) is 5.84. The van der Waals surface area contributed by atoms with Crippen LogP contribution in [-0.2, 0) is 13.0 Å². The van der Waals surface area contributed by atoms with Crippen LogP contribution in [-0.4, -0.2) is 11.0 Å². The van der Waals surface area contributed by atoms with Crippen molar-refractivity contribution in [2.45, 2.75) is 26.8 Å². The fourth-order valence-electron chi connectivity index (χ4n) is 1.73. The number of nitrogens with zero attached hydrogens (tertiary/aromatic N) is 1. The average molecular weight is 275 g/mol. The molecule has 1 heterocycles. The first-order chi connectivity index (χ1) is 9.10. The van der Waals surface area contributed by atoms with Crippen molar-refractivity contribution in [3.8, 4) is 0 Å². The predicted octanol–water partition coefficient (Wildman–Crippen LogP) is 1.99. The lowest BCUT2D eigenvalue weighted by atomic mass is 10.1. The van der Waals surface area contributed by atoms with Gasteiger partial charge in [-0.15, -0.1) is 0 Å². The van der Waals surface area contributed by atoms with Gasteiger partial charge in [0.1, 0.15) is 0 Å². The molecule has 0 unspecified atom stereocenters. The van der Waals surface area contributed by atoms with Crippen molar-refractivity contribution in [1.29, 1.82) is 0 Å². The molecule has 0 aliphatic heterocycles. The average Bonchev–Trinajstić information content (AvgIpc) is 2.78. The van der Waals surface area contributed by atoms with Crippen LogP contribution in [0.15, 0.2) is 24.3 Å². The molecule has 0 radical (unpaired) electrons. The van der Waals surface area contributed by atoms with Crippen LogP contribution in [0.3, 0.4) is 0 Å². The molecule has 5 heteroatoms. The summed E-state index contributed by atoms with van der Waals surface area (Å²) in [5, 5.41) is 14.5. The molecule has 1 N–H and O–H groups in total. The van der Waals surface area contributed by atoms with Gasteiger partial charge < -0.3 is 15.2 Å². The fraction of sp³-hybridized carbons (Fsp3) is 0.286. The third-order valence-electron chi connectivity index (χ3n) is 2.86. The Morgan fingerprint density at radius 2 is 1.95 bits per heavy atom. The second-order valence-electron chi connectivity index (χ2n) is 4.24. The predicted molar refractivity (Wildman–Crippen MR) is 74.3 cm³/mol. The summed E-state index contributed by atoms with van der Waals surface area (Å²) in [5.41, 5.74) is 2.93. The fourth-order valence-corrected chi connectivity index (χ4v) is 2.53. The molecule has 2 rings (SSSR count). The summed E-state index contributed by atoms with van der Waals surface area (Å²) in [4.78, 5) is 15.2. The maximum absolute atomic E-state index is 10.8. The maximum atomic E-state index is 10.8. The SMILES string of the molecule is CCc1ccc(CNc2nc(C)c(C(=O)[O-])s2)cc1. The Balaban J connectivity index is 2.01. The standard InChI is InChI=1S/C14H16N2O2S/c1-3-10-4-6-11(7-5-10)8-15-14-16-9(2)12(19-14)13(17)18/h4-7H,3,8H2,1-2H3,(H,15,16)(H,17,18)/p-1. The third kappa shape index (κ3) is 3.32. The van der Waals surface area contributed by atoms with E-state index in [9.17, 15) is 9.90 Å². The van der Waals surface area contributed by atoms with E-state index in [-0.39, 0.29) is 4.88 Å². The number of carbonyl (C=O) groups excluding carboxylic acids is 1. The molecule has 4 nitrogen and oxygen atoms in total. The van der Waals surface area contributed by atoms with Crippen molar-refractivity contribution in [3.05, 3.63) is 46.0 Å². The number of aryl methyl sites for hydroxylation is 2. The second-order valence-corrected chi connectivity index (χ2v) is 5.24. The van der Waals surface area contributed by atoms with Gasteiger partial charge in [-0.1, -0.05) is 42.5 Å². The highest BCUT2D eigenvalue weighted by Gasteiger charge is 2.07. The molecule has 100 valence electrons. The summed E-state index contributed by atoms with van der Waals surface area (Å²) in [5.74, 6) is -1.17. The normalized spacial score (nSPS) is 10.4. The van der Waals surface area contributed by atoms with Gasteiger partial charge in [-0.25, -0.2) is 4.98 Å². The van der Waals surface area contributed by atoms with Crippen LogP contribution >= 0.6 is 11.3 Å². The van der Waals surface area contributed by atoms with Crippen LogP contribution in [0.5, 0.6) is 0 Å². The van der Waals surface area contributed by atoms with Crippen molar-refractivity contribution in [2.24, 2.45) is 0 Å². The summed E-state index contributed by atoms with van der Waals surface area (Å²) in [6, 6.07) is 8.31. The number of aromatic carboxylic acids is 1. The number of rotatable bonds is 5. The first kappa shape index (κ1) is 13.5. The first-order valence-electron chi connectivity index (χ1n) is 6.10. The number of anilines is 1. The lowest BCUT2D eigenvalue weighted by Crippen LogP contribution is -2.21. The lowest BCUT2D eigenvalue weighted by Gasteiger charge is -2.04. The molecule has 0 aliphatic carbocycles. The largest absolute Gasteiger partial charge is 0.544 e. The first-order valence-corrected chi connectivity index (χ1v) is 6.92. The number of nitrogens with one attached hydrogen (secondary N) is 1. The minimum absolute atomic E-state index is 0.184. The number of thiazole rings is 1. The van der Waals surface area contributed by atoms with Gasteiger partial charge in [-0.05, 0) is 24.5 Å². The summed E-state index contributed by atoms with van der Waals surface area (Å²) >= 11 is 1.11. The van der Waals surface area contributed by atoms with E-state index in [2.05, 4.69) is 41.5 Å². The van der Waals surface area contributed by atoms with Crippen LogP contribution in [0.1, 0.15) is 33.4 Å². The number of hydrogen-bond donors (Lipinski definition) is 1. The zero-order valence-electron chi connectivity index (χ0n) is 10.9. The molecule has 0 spiro atoms. The van der Waals surface area contributed by atoms with Gasteiger partial charge in [-0.3, -0.25) is 0 Å². The monoisotopic (exact) mass is 275 g/mol. The van der Waals surface area contributed by atoms with Gasteiger partial charge in [0.2, 0.25) is 0 Å². The Kier molecular flexibility index (Phi) is 4.16. The van der Waals surface area contributed by atoms with Crippen LogP contribution in [0.25, 0.3) is 0 Å². The number of hydrogen-bond acceptors (Lipinski definition) is 5. The minimum atomic E-state index is -1.17. The van der Waals surface area contributed by atoms with Crippen LogP contribution in [0.4, 0.5) is 5.13 Å². The molecule has 0 bridgehead atoms. The highest BCUT2D eigenvalue weighted by Crippen LogP contribution is 2.22. The quantitative estimate of drug-likeness (QED) is 0.906. The molecule has 1 aromatic carbocycles. The zero-order valence-corrected chi connectivity index (χ0v) is 11.7. The molecule has 19 heavy (non-hydrogen) atoms. The molecule has 0 saturated carbocycles. The van der Waals surface area contributed by atoms with E-state index in [0.717, 1.165) is 23.3 Å². The van der Waals surface area contributed by atoms with Gasteiger partial charge in [0, 0.05) is 6.54 Å². The van der Waals surface area contributed by atoms with Crippen molar-refractivity contribution < 1.29 is 9.90 Å². The number of benzene rings is 1. The van der Waals surface area contributed by atoms with Gasteiger partial charge in [-0.2, -0.15) is 0 Å². The minimum Gasteiger partial charge on any atom is -0.544 e. The smallest absolute Gasteiger partial charge is 0.183 e. The van der Waals surface area contributed by atoms with Crippen molar-refractivity contribution in [3.63, 3.8) is 0 Å². The van der Waals surface area contributed by atoms with Crippen molar-refractivity contribution in [1.82, 2.24) is 4.98 Å². The van der Waals surface area contributed by atoms with Crippen LogP contribution in [0.2, 0.25) is 0 Å².